The van der Waals surface area contributed by atoms with Gasteiger partial charge < -0.3 is 29.7 Å². The molecule has 0 aliphatic carbocycles. The number of pyridine rings is 2. The zero-order valence-electron chi connectivity index (χ0n) is 22.2. The molecule has 1 amide bonds. The maximum Gasteiger partial charge on any atom is 0.407 e. The number of aromatic nitrogens is 2. The van der Waals surface area contributed by atoms with Crippen LogP contribution >= 0.6 is 0 Å². The molecular weight excluding hydrogens is 502 g/mol. The standard InChI is InChI=1S/C28H31N5O6/c1-4-28(38)20-10-22-24-15(12-33(22)25(34)19(20)14-39-26(28)35)9-17-18(13-31(2)3)16(5-6-21(17)30-24)23-11-29-7-8-32(23)27(36)37/h5-6,9-10,23,29,38H,4,7-8,11-14H2,1-3H3,(H,36,37)/t23-,28?/m1/s1. The Hall–Kier alpha value is -3.80. The van der Waals surface area contributed by atoms with Crippen LogP contribution < -0.4 is 10.9 Å². The van der Waals surface area contributed by atoms with Gasteiger partial charge in [-0.25, -0.2) is 14.6 Å². The molecule has 0 spiro atoms. The van der Waals surface area contributed by atoms with E-state index in [1.54, 1.807) is 17.6 Å². The lowest BCUT2D eigenvalue weighted by Gasteiger charge is -2.36. The molecule has 6 rings (SSSR count). The van der Waals surface area contributed by atoms with Crippen molar-refractivity contribution in [1.29, 1.82) is 0 Å². The topological polar surface area (TPSA) is 137 Å². The number of carboxylic acid groups (broad SMARTS) is 1. The van der Waals surface area contributed by atoms with Gasteiger partial charge in [-0.3, -0.25) is 9.69 Å². The normalized spacial score (nSPS) is 22.0. The number of aliphatic hydroxyl groups is 1. The second-order valence-electron chi connectivity index (χ2n) is 10.7. The lowest BCUT2D eigenvalue weighted by molar-refractivity contribution is -0.172. The summed E-state index contributed by atoms with van der Waals surface area (Å²) >= 11 is 0. The van der Waals surface area contributed by atoms with Gasteiger partial charge in [0.15, 0.2) is 5.60 Å². The summed E-state index contributed by atoms with van der Waals surface area (Å²) in [6.45, 7) is 3.92. The monoisotopic (exact) mass is 533 g/mol. The Balaban J connectivity index is 1.53. The van der Waals surface area contributed by atoms with Crippen molar-refractivity contribution in [3.05, 3.63) is 62.4 Å². The first-order valence-corrected chi connectivity index (χ1v) is 13.1. The van der Waals surface area contributed by atoms with Crippen molar-refractivity contribution in [2.24, 2.45) is 0 Å². The number of cyclic esters (lactones) is 1. The van der Waals surface area contributed by atoms with E-state index in [0.29, 0.717) is 44.1 Å². The molecule has 3 aliphatic rings. The number of piperazine rings is 1. The van der Waals surface area contributed by atoms with Gasteiger partial charge in [0.05, 0.1) is 35.1 Å². The van der Waals surface area contributed by atoms with E-state index in [0.717, 1.165) is 27.6 Å². The Morgan fingerprint density at radius 3 is 2.79 bits per heavy atom. The van der Waals surface area contributed by atoms with Gasteiger partial charge >= 0.3 is 12.1 Å². The molecule has 1 aromatic carbocycles. The highest BCUT2D eigenvalue weighted by atomic mass is 16.6. The number of hydrogen-bond acceptors (Lipinski definition) is 8. The van der Waals surface area contributed by atoms with Crippen molar-refractivity contribution in [3.63, 3.8) is 0 Å². The van der Waals surface area contributed by atoms with Crippen molar-refractivity contribution in [2.45, 2.75) is 44.7 Å². The first-order chi connectivity index (χ1) is 18.6. The van der Waals surface area contributed by atoms with Crippen molar-refractivity contribution >= 4 is 23.0 Å². The second kappa shape index (κ2) is 9.15. The summed E-state index contributed by atoms with van der Waals surface area (Å²) in [6, 6.07) is 7.27. The molecule has 1 unspecified atom stereocenters. The minimum atomic E-state index is -1.88. The molecular formula is C28H31N5O6. The molecule has 39 heavy (non-hydrogen) atoms. The number of hydrogen-bond donors (Lipinski definition) is 3. The lowest BCUT2D eigenvalue weighted by Crippen LogP contribution is -2.48. The van der Waals surface area contributed by atoms with Gasteiger partial charge in [0.1, 0.15) is 6.61 Å². The van der Waals surface area contributed by atoms with Crippen LogP contribution in [-0.2, 0) is 34.8 Å². The summed E-state index contributed by atoms with van der Waals surface area (Å²) in [5, 5.41) is 25.2. The summed E-state index contributed by atoms with van der Waals surface area (Å²) in [5.41, 5.74) is 3.09. The van der Waals surface area contributed by atoms with Crippen LogP contribution in [0.25, 0.3) is 22.3 Å². The molecule has 11 nitrogen and oxygen atoms in total. The number of nitrogens with one attached hydrogen (secondary N) is 1. The van der Waals surface area contributed by atoms with E-state index in [-0.39, 0.29) is 35.8 Å². The van der Waals surface area contributed by atoms with E-state index in [1.807, 2.05) is 37.2 Å². The average Bonchev–Trinajstić information content (AvgIpc) is 3.28. The molecule has 11 heteroatoms. The van der Waals surface area contributed by atoms with Crippen molar-refractivity contribution < 1.29 is 24.5 Å². The lowest BCUT2D eigenvalue weighted by atomic mass is 9.86. The zero-order chi connectivity index (χ0) is 27.6. The number of carbonyl (C=O) groups is 2. The van der Waals surface area contributed by atoms with E-state index >= 15 is 0 Å². The third-order valence-electron chi connectivity index (χ3n) is 8.16. The van der Waals surface area contributed by atoms with Crippen LogP contribution in [0, 0.1) is 0 Å². The average molecular weight is 534 g/mol. The largest absolute Gasteiger partial charge is 0.465 e. The molecule has 3 N–H and O–H groups in total. The van der Waals surface area contributed by atoms with Gasteiger partial charge in [0.2, 0.25) is 0 Å². The highest BCUT2D eigenvalue weighted by molar-refractivity contribution is 5.89. The van der Waals surface area contributed by atoms with Crippen LogP contribution in [0.15, 0.2) is 29.1 Å². The first-order valence-electron chi connectivity index (χ1n) is 13.1. The Kier molecular flexibility index (Phi) is 5.97. The minimum Gasteiger partial charge on any atom is -0.465 e. The highest BCUT2D eigenvalue weighted by Crippen LogP contribution is 2.40. The molecule has 0 bridgehead atoms. The first kappa shape index (κ1) is 25.5. The fraction of sp³-hybridized carbons (Fsp3) is 0.429. The smallest absolute Gasteiger partial charge is 0.407 e. The second-order valence-corrected chi connectivity index (χ2v) is 10.7. The van der Waals surface area contributed by atoms with E-state index in [9.17, 15) is 24.6 Å². The molecule has 2 aromatic heterocycles. The Bertz CT molecular complexity index is 1600. The fourth-order valence-electron chi connectivity index (χ4n) is 6.14. The van der Waals surface area contributed by atoms with Gasteiger partial charge in [0, 0.05) is 42.7 Å². The van der Waals surface area contributed by atoms with Gasteiger partial charge in [-0.15, -0.1) is 0 Å². The van der Waals surface area contributed by atoms with Crippen LogP contribution in [0.5, 0.6) is 0 Å². The summed E-state index contributed by atoms with van der Waals surface area (Å²) in [7, 11) is 3.94. The molecule has 3 aliphatic heterocycles. The number of carbonyl (C=O) groups excluding carboxylic acids is 1. The molecule has 3 aromatic rings. The number of nitrogens with zero attached hydrogens (tertiary/aromatic N) is 4. The van der Waals surface area contributed by atoms with Crippen LogP contribution in [0.4, 0.5) is 4.79 Å². The highest BCUT2D eigenvalue weighted by Gasteiger charge is 2.45. The van der Waals surface area contributed by atoms with Crippen molar-refractivity contribution in [2.75, 3.05) is 33.7 Å². The minimum absolute atomic E-state index is 0.0831. The Morgan fingerprint density at radius 1 is 1.28 bits per heavy atom. The molecule has 5 heterocycles. The quantitative estimate of drug-likeness (QED) is 0.335. The molecule has 204 valence electrons. The molecule has 0 radical (unpaired) electrons. The molecule has 2 atom stereocenters. The number of esters is 1. The summed E-state index contributed by atoms with van der Waals surface area (Å²) < 4.78 is 6.79. The molecule has 1 fully saturated rings. The van der Waals surface area contributed by atoms with E-state index in [1.165, 1.54) is 4.90 Å². The summed E-state index contributed by atoms with van der Waals surface area (Å²) in [6.07, 6.45) is -0.863. The van der Waals surface area contributed by atoms with Crippen molar-refractivity contribution in [1.82, 2.24) is 24.7 Å². The van der Waals surface area contributed by atoms with Crippen LogP contribution in [0.1, 0.15) is 47.2 Å². The summed E-state index contributed by atoms with van der Waals surface area (Å²) in [5.74, 6) is -0.750. The van der Waals surface area contributed by atoms with Crippen LogP contribution in [0.3, 0.4) is 0 Å². The van der Waals surface area contributed by atoms with Crippen LogP contribution in [0.2, 0.25) is 0 Å². The van der Waals surface area contributed by atoms with E-state index in [4.69, 9.17) is 9.72 Å². The third-order valence-corrected chi connectivity index (χ3v) is 8.16. The van der Waals surface area contributed by atoms with Gasteiger partial charge in [-0.2, -0.15) is 0 Å². The SMILES string of the molecule is CCC1(O)C(=O)OCc2c1cc1n(c2=O)Cc2cc3c(CN(C)C)c([C@H]4CNCCN4C(=O)O)ccc3nc2-1. The van der Waals surface area contributed by atoms with Crippen LogP contribution in [-0.4, -0.2) is 75.4 Å². The number of amides is 1. The van der Waals surface area contributed by atoms with E-state index in [2.05, 4.69) is 5.32 Å². The molecule has 1 saturated heterocycles. The number of benzene rings is 1. The molecule has 0 saturated carbocycles. The Labute approximate surface area is 224 Å². The number of fused-ring (bicyclic) bond motifs is 5. The third kappa shape index (κ3) is 3.83. The number of rotatable bonds is 4. The van der Waals surface area contributed by atoms with Gasteiger partial charge in [0.25, 0.3) is 5.56 Å². The summed E-state index contributed by atoms with van der Waals surface area (Å²) in [4.78, 5) is 46.5. The van der Waals surface area contributed by atoms with Gasteiger partial charge in [-0.1, -0.05) is 13.0 Å². The Morgan fingerprint density at radius 2 is 2.08 bits per heavy atom. The van der Waals surface area contributed by atoms with E-state index < -0.39 is 17.7 Å². The van der Waals surface area contributed by atoms with Gasteiger partial charge in [-0.05, 0) is 49.8 Å². The predicted molar refractivity (Wildman–Crippen MR) is 142 cm³/mol. The number of ether oxygens (including phenoxy) is 1. The predicted octanol–water partition coefficient (Wildman–Crippen LogP) is 1.77. The maximum absolute atomic E-state index is 13.5. The zero-order valence-corrected chi connectivity index (χ0v) is 22.2. The van der Waals surface area contributed by atoms with Crippen molar-refractivity contribution in [3.8, 4) is 11.4 Å². The maximum atomic E-state index is 13.5. The fourth-order valence-corrected chi connectivity index (χ4v) is 6.14.